The van der Waals surface area contributed by atoms with Gasteiger partial charge in [0.25, 0.3) is 5.91 Å². The summed E-state index contributed by atoms with van der Waals surface area (Å²) >= 11 is 1.35. The first-order valence-corrected chi connectivity index (χ1v) is 15.3. The van der Waals surface area contributed by atoms with Crippen molar-refractivity contribution in [3.8, 4) is 22.6 Å². The summed E-state index contributed by atoms with van der Waals surface area (Å²) in [5.74, 6) is 0.205. The van der Waals surface area contributed by atoms with Crippen molar-refractivity contribution in [1.82, 2.24) is 0 Å². The van der Waals surface area contributed by atoms with Crippen molar-refractivity contribution >= 4 is 45.5 Å². The summed E-state index contributed by atoms with van der Waals surface area (Å²) in [6.45, 7) is 9.21. The Morgan fingerprint density at radius 1 is 1.12 bits per heavy atom. The Morgan fingerprint density at radius 3 is 2.45 bits per heavy atom. The van der Waals surface area contributed by atoms with E-state index in [-0.39, 0.29) is 29.9 Å². The van der Waals surface area contributed by atoms with Gasteiger partial charge in [-0.1, -0.05) is 19.9 Å². The van der Waals surface area contributed by atoms with Crippen LogP contribution in [0.25, 0.3) is 11.1 Å². The SMILES string of the molecule is COc1cc(OS(O)(O)CC(C)C)ccc1-c1ccc2c(c1COC(=O)c1ccc(C)s1)N(C)C(=O)C(C)(C)N2. The van der Waals surface area contributed by atoms with E-state index in [4.69, 9.17) is 13.7 Å². The third kappa shape index (κ3) is 6.22. The van der Waals surface area contributed by atoms with E-state index in [1.807, 2.05) is 52.8 Å². The predicted octanol–water partition coefficient (Wildman–Crippen LogP) is 6.96. The molecule has 0 bridgehead atoms. The van der Waals surface area contributed by atoms with Gasteiger partial charge in [-0.05, 0) is 62.6 Å². The van der Waals surface area contributed by atoms with Crippen LogP contribution in [0.5, 0.6) is 11.5 Å². The summed E-state index contributed by atoms with van der Waals surface area (Å²) in [5.41, 5.74) is 2.48. The van der Waals surface area contributed by atoms with Crippen LogP contribution in [-0.4, -0.2) is 46.4 Å². The van der Waals surface area contributed by atoms with E-state index in [0.29, 0.717) is 33.0 Å². The molecule has 1 aromatic heterocycles. The fourth-order valence-corrected chi connectivity index (χ4v) is 6.86. The molecule has 0 saturated carbocycles. The summed E-state index contributed by atoms with van der Waals surface area (Å²) in [4.78, 5) is 29.2. The molecule has 0 unspecified atom stereocenters. The van der Waals surface area contributed by atoms with Crippen LogP contribution in [0, 0.1) is 12.8 Å². The molecule has 40 heavy (non-hydrogen) atoms. The molecule has 3 N–H and O–H groups in total. The van der Waals surface area contributed by atoms with Crippen molar-refractivity contribution in [2.24, 2.45) is 5.92 Å². The molecular weight excluding hydrogens is 552 g/mol. The summed E-state index contributed by atoms with van der Waals surface area (Å²) in [5, 5.41) is 3.30. The van der Waals surface area contributed by atoms with Crippen LogP contribution in [0.2, 0.25) is 0 Å². The number of likely N-dealkylation sites (N-methyl/N-ethyl adjacent to an activating group) is 1. The number of aryl methyl sites for hydroxylation is 1. The number of carbonyl (C=O) groups excluding carboxylic acids is 2. The van der Waals surface area contributed by atoms with Gasteiger partial charge in [-0.15, -0.1) is 11.3 Å². The number of hydrogen-bond acceptors (Lipinski definition) is 9. The zero-order valence-electron chi connectivity index (χ0n) is 23.7. The number of methoxy groups -OCH3 is 1. The quantitative estimate of drug-likeness (QED) is 0.230. The van der Waals surface area contributed by atoms with E-state index in [1.54, 1.807) is 36.2 Å². The highest BCUT2D eigenvalue weighted by Crippen LogP contribution is 2.47. The minimum absolute atomic E-state index is 0.0308. The first-order chi connectivity index (χ1) is 18.7. The molecule has 11 heteroatoms. The number of anilines is 2. The second-order valence-electron chi connectivity index (χ2n) is 10.7. The van der Waals surface area contributed by atoms with Crippen LogP contribution < -0.4 is 19.1 Å². The van der Waals surface area contributed by atoms with Crippen molar-refractivity contribution in [3.63, 3.8) is 0 Å². The number of nitrogens with zero attached hydrogens (tertiary/aromatic N) is 1. The van der Waals surface area contributed by atoms with E-state index in [0.717, 1.165) is 10.6 Å². The standard InChI is InChI=1S/C29H36N2O7S2/c1-17(2)16-40(34,35)38-19-9-10-21(24(14-19)36-7)20-11-12-23-26(31(6)28(33)29(4,5)30-23)22(20)15-37-27(32)25-13-8-18(3)39-25/h8-14,17,30,34-35H,15-16H2,1-7H3. The zero-order valence-corrected chi connectivity index (χ0v) is 25.4. The van der Waals surface area contributed by atoms with Gasteiger partial charge >= 0.3 is 5.97 Å². The number of fused-ring (bicyclic) bond motifs is 1. The van der Waals surface area contributed by atoms with Gasteiger partial charge < -0.3 is 23.9 Å². The van der Waals surface area contributed by atoms with Crippen LogP contribution >= 0.6 is 22.2 Å². The van der Waals surface area contributed by atoms with E-state index in [9.17, 15) is 18.7 Å². The first-order valence-electron chi connectivity index (χ1n) is 12.8. The first kappa shape index (κ1) is 29.7. The third-order valence-electron chi connectivity index (χ3n) is 6.44. The van der Waals surface area contributed by atoms with E-state index in [1.165, 1.54) is 18.4 Å². The van der Waals surface area contributed by atoms with Crippen molar-refractivity contribution < 1.29 is 32.4 Å². The number of nitrogens with one attached hydrogen (secondary N) is 1. The molecule has 0 atom stereocenters. The van der Waals surface area contributed by atoms with Gasteiger partial charge in [-0.25, -0.2) is 4.79 Å². The Kier molecular flexibility index (Phi) is 8.41. The molecule has 4 rings (SSSR count). The highest BCUT2D eigenvalue weighted by atomic mass is 32.3. The number of esters is 1. The van der Waals surface area contributed by atoms with Crippen LogP contribution in [0.4, 0.5) is 11.4 Å². The number of benzene rings is 2. The average Bonchev–Trinajstić information content (AvgIpc) is 3.30. The molecule has 216 valence electrons. The van der Waals surface area contributed by atoms with Crippen LogP contribution in [0.15, 0.2) is 42.5 Å². The van der Waals surface area contributed by atoms with Gasteiger partial charge in [0.05, 0.1) is 24.2 Å². The smallest absolute Gasteiger partial charge is 0.348 e. The normalized spacial score (nSPS) is 14.9. The van der Waals surface area contributed by atoms with Crippen molar-refractivity contribution in [3.05, 3.63) is 57.8 Å². The maximum Gasteiger partial charge on any atom is 0.348 e. The van der Waals surface area contributed by atoms with Crippen molar-refractivity contribution in [2.75, 3.05) is 30.1 Å². The molecule has 2 heterocycles. The molecule has 0 radical (unpaired) electrons. The van der Waals surface area contributed by atoms with E-state index >= 15 is 0 Å². The number of hydrogen-bond donors (Lipinski definition) is 3. The molecule has 3 aromatic rings. The lowest BCUT2D eigenvalue weighted by Crippen LogP contribution is -2.52. The highest BCUT2D eigenvalue weighted by molar-refractivity contribution is 8.20. The Balaban J connectivity index is 1.78. The minimum atomic E-state index is -3.29. The molecule has 1 aliphatic heterocycles. The van der Waals surface area contributed by atoms with Gasteiger partial charge in [0.15, 0.2) is 0 Å². The molecule has 1 aliphatic rings. The van der Waals surface area contributed by atoms with Gasteiger partial charge in [-0.3, -0.25) is 13.9 Å². The Hall–Kier alpha value is -3.25. The lowest BCUT2D eigenvalue weighted by Gasteiger charge is -2.39. The molecule has 2 aromatic carbocycles. The Bertz CT molecular complexity index is 1430. The van der Waals surface area contributed by atoms with Gasteiger partial charge in [0.1, 0.15) is 39.4 Å². The molecule has 0 saturated heterocycles. The molecular formula is C29H36N2O7S2. The Labute approximate surface area is 240 Å². The Morgan fingerprint density at radius 2 is 1.82 bits per heavy atom. The maximum absolute atomic E-state index is 13.2. The van der Waals surface area contributed by atoms with Gasteiger partial charge in [0, 0.05) is 29.1 Å². The summed E-state index contributed by atoms with van der Waals surface area (Å²) in [6.07, 6.45) is 0. The fourth-order valence-electron chi connectivity index (χ4n) is 4.75. The summed E-state index contributed by atoms with van der Waals surface area (Å²) < 4.78 is 37.7. The summed E-state index contributed by atoms with van der Waals surface area (Å²) in [6, 6.07) is 12.3. The number of ether oxygens (including phenoxy) is 2. The van der Waals surface area contributed by atoms with Crippen LogP contribution in [-0.2, 0) is 16.1 Å². The largest absolute Gasteiger partial charge is 0.496 e. The lowest BCUT2D eigenvalue weighted by atomic mass is 9.92. The average molecular weight is 589 g/mol. The number of carbonyl (C=O) groups is 2. The molecule has 1 amide bonds. The van der Waals surface area contributed by atoms with Crippen molar-refractivity contribution in [1.29, 1.82) is 0 Å². The third-order valence-corrected chi connectivity index (χ3v) is 8.98. The molecule has 0 spiro atoms. The van der Waals surface area contributed by atoms with Crippen molar-refractivity contribution in [2.45, 2.75) is 46.8 Å². The van der Waals surface area contributed by atoms with Crippen LogP contribution in [0.3, 0.4) is 0 Å². The summed E-state index contributed by atoms with van der Waals surface area (Å²) in [7, 11) is -0.0791. The van der Waals surface area contributed by atoms with Gasteiger partial charge in [-0.2, -0.15) is 0 Å². The van der Waals surface area contributed by atoms with E-state index in [2.05, 4.69) is 5.32 Å². The number of thiophene rings is 1. The maximum atomic E-state index is 13.2. The predicted molar refractivity (Wildman–Crippen MR) is 161 cm³/mol. The highest BCUT2D eigenvalue weighted by Gasteiger charge is 2.39. The second kappa shape index (κ2) is 11.3. The van der Waals surface area contributed by atoms with Crippen LogP contribution in [0.1, 0.15) is 47.8 Å². The minimum Gasteiger partial charge on any atom is -0.496 e. The fraction of sp³-hybridized carbons (Fsp3) is 0.379. The zero-order chi connectivity index (χ0) is 29.4. The number of amides is 1. The number of rotatable bonds is 9. The lowest BCUT2D eigenvalue weighted by molar-refractivity contribution is -0.121. The van der Waals surface area contributed by atoms with E-state index < -0.39 is 22.4 Å². The topological polar surface area (TPSA) is 118 Å². The monoisotopic (exact) mass is 588 g/mol. The molecule has 0 fully saturated rings. The second-order valence-corrected chi connectivity index (χ2v) is 13.7. The van der Waals surface area contributed by atoms with Gasteiger partial charge in [0.2, 0.25) is 0 Å². The molecule has 0 aliphatic carbocycles. The molecule has 9 nitrogen and oxygen atoms in total.